The number of fused-ring (bicyclic) bond motifs is 1. The number of nitrogens with two attached hydrogens (primary N) is 2. The Balaban J connectivity index is 2.61. The fourth-order valence-corrected chi connectivity index (χ4v) is 1.56. The number of carbonyl (C=O) groups excluding carboxylic acids is 1. The van der Waals surface area contributed by atoms with Gasteiger partial charge in [-0.25, -0.2) is 0 Å². The number of nitrogens with one attached hydrogen (secondary N) is 1. The van der Waals surface area contributed by atoms with Gasteiger partial charge in [0.15, 0.2) is 5.60 Å². The van der Waals surface area contributed by atoms with E-state index in [-0.39, 0.29) is 6.54 Å². The summed E-state index contributed by atoms with van der Waals surface area (Å²) in [6.45, 7) is -0.157. The lowest BCUT2D eigenvalue weighted by Crippen LogP contribution is -2.41. The molecule has 0 bridgehead atoms. The molecule has 1 atom stereocenters. The van der Waals surface area contributed by atoms with Gasteiger partial charge in [0.1, 0.15) is 0 Å². The van der Waals surface area contributed by atoms with Crippen LogP contribution in [0.25, 0.3) is 0 Å². The molecule has 1 aliphatic heterocycles. The molecule has 0 radical (unpaired) electrons. The summed E-state index contributed by atoms with van der Waals surface area (Å²) in [6.07, 6.45) is 0. The Morgan fingerprint density at radius 2 is 2.21 bits per heavy atom. The summed E-state index contributed by atoms with van der Waals surface area (Å²) in [6, 6.07) is 4.86. The van der Waals surface area contributed by atoms with Crippen molar-refractivity contribution in [2.24, 2.45) is 5.73 Å². The SMILES string of the molecule is NCC1(O)C(=O)Nc2ccc(N)cc21. The van der Waals surface area contributed by atoms with E-state index in [1.165, 1.54) is 0 Å². The lowest BCUT2D eigenvalue weighted by Gasteiger charge is -2.17. The summed E-state index contributed by atoms with van der Waals surface area (Å²) >= 11 is 0. The largest absolute Gasteiger partial charge is 0.399 e. The first kappa shape index (κ1) is 8.98. The van der Waals surface area contributed by atoms with E-state index in [0.717, 1.165) is 0 Å². The molecule has 0 fully saturated rings. The molecular formula is C9H11N3O2. The number of benzene rings is 1. The molecule has 74 valence electrons. The average molecular weight is 193 g/mol. The van der Waals surface area contributed by atoms with Gasteiger partial charge in [0.2, 0.25) is 0 Å². The number of hydrogen-bond donors (Lipinski definition) is 4. The minimum atomic E-state index is -1.63. The molecule has 0 spiro atoms. The van der Waals surface area contributed by atoms with Crippen molar-refractivity contribution in [1.82, 2.24) is 0 Å². The molecule has 0 aromatic heterocycles. The van der Waals surface area contributed by atoms with Crippen molar-refractivity contribution < 1.29 is 9.90 Å². The molecule has 1 aromatic rings. The predicted octanol–water partition coefficient (Wildman–Crippen LogP) is -0.633. The van der Waals surface area contributed by atoms with Gasteiger partial charge in [-0.2, -0.15) is 0 Å². The number of nitrogen functional groups attached to an aromatic ring is 1. The van der Waals surface area contributed by atoms with Gasteiger partial charge >= 0.3 is 0 Å². The van der Waals surface area contributed by atoms with Crippen molar-refractivity contribution in [3.63, 3.8) is 0 Å². The lowest BCUT2D eigenvalue weighted by molar-refractivity contribution is -0.132. The molecule has 14 heavy (non-hydrogen) atoms. The van der Waals surface area contributed by atoms with Gasteiger partial charge in [-0.1, -0.05) is 0 Å². The second-order valence-electron chi connectivity index (χ2n) is 3.32. The van der Waals surface area contributed by atoms with Crippen LogP contribution in [0.2, 0.25) is 0 Å². The molecule has 2 rings (SSSR count). The van der Waals surface area contributed by atoms with Crippen LogP contribution >= 0.6 is 0 Å². The molecule has 1 aliphatic rings. The van der Waals surface area contributed by atoms with Crippen LogP contribution in [0, 0.1) is 0 Å². The van der Waals surface area contributed by atoms with E-state index in [1.54, 1.807) is 18.2 Å². The topological polar surface area (TPSA) is 101 Å². The molecule has 1 amide bonds. The highest BCUT2D eigenvalue weighted by Gasteiger charge is 2.44. The van der Waals surface area contributed by atoms with Gasteiger partial charge in [-0.15, -0.1) is 0 Å². The standard InChI is InChI=1S/C9H11N3O2/c10-4-9(14)6-3-5(11)1-2-7(6)12-8(9)13/h1-3,14H,4,10-11H2,(H,12,13). The zero-order valence-electron chi connectivity index (χ0n) is 7.45. The molecule has 1 unspecified atom stereocenters. The third-order valence-electron chi connectivity index (χ3n) is 2.41. The van der Waals surface area contributed by atoms with Gasteiger partial charge in [-0.3, -0.25) is 4.79 Å². The molecule has 0 aliphatic carbocycles. The third kappa shape index (κ3) is 0.997. The molecule has 0 saturated heterocycles. The zero-order valence-corrected chi connectivity index (χ0v) is 7.45. The zero-order chi connectivity index (χ0) is 10.3. The summed E-state index contributed by atoms with van der Waals surface area (Å²) < 4.78 is 0. The van der Waals surface area contributed by atoms with E-state index in [0.29, 0.717) is 16.9 Å². The summed E-state index contributed by atoms with van der Waals surface area (Å²) in [4.78, 5) is 11.4. The van der Waals surface area contributed by atoms with Crippen LogP contribution in [0.15, 0.2) is 18.2 Å². The minimum Gasteiger partial charge on any atom is -0.399 e. The summed E-state index contributed by atoms with van der Waals surface area (Å²) in [5.41, 5.74) is 10.8. The van der Waals surface area contributed by atoms with Gasteiger partial charge in [0, 0.05) is 23.5 Å². The Labute approximate surface area is 80.7 Å². The molecular weight excluding hydrogens is 182 g/mol. The van der Waals surface area contributed by atoms with Crippen molar-refractivity contribution in [3.8, 4) is 0 Å². The number of carbonyl (C=O) groups is 1. The molecule has 1 aromatic carbocycles. The number of aliphatic hydroxyl groups is 1. The van der Waals surface area contributed by atoms with Gasteiger partial charge < -0.3 is 21.9 Å². The molecule has 6 N–H and O–H groups in total. The van der Waals surface area contributed by atoms with Gasteiger partial charge in [0.25, 0.3) is 5.91 Å². The Hall–Kier alpha value is -1.59. The summed E-state index contributed by atoms with van der Waals surface area (Å²) in [5, 5.41) is 12.5. The normalized spacial score (nSPS) is 24.6. The van der Waals surface area contributed by atoms with Gasteiger partial charge in [-0.05, 0) is 18.2 Å². The van der Waals surface area contributed by atoms with Crippen LogP contribution in [0.4, 0.5) is 11.4 Å². The maximum Gasteiger partial charge on any atom is 0.262 e. The average Bonchev–Trinajstić information content (AvgIpc) is 2.41. The Bertz CT molecular complexity index is 405. The molecule has 5 nitrogen and oxygen atoms in total. The number of amides is 1. The smallest absolute Gasteiger partial charge is 0.262 e. The number of rotatable bonds is 1. The first-order chi connectivity index (χ1) is 6.58. The maximum absolute atomic E-state index is 11.4. The fraction of sp³-hybridized carbons (Fsp3) is 0.222. The lowest BCUT2D eigenvalue weighted by atomic mass is 9.95. The van der Waals surface area contributed by atoms with Crippen LogP contribution in [-0.4, -0.2) is 17.6 Å². The van der Waals surface area contributed by atoms with Crippen molar-refractivity contribution in [3.05, 3.63) is 23.8 Å². The van der Waals surface area contributed by atoms with Crippen LogP contribution < -0.4 is 16.8 Å². The Kier molecular flexibility index (Phi) is 1.73. The van der Waals surface area contributed by atoms with E-state index < -0.39 is 11.5 Å². The summed E-state index contributed by atoms with van der Waals surface area (Å²) in [5.74, 6) is -0.499. The minimum absolute atomic E-state index is 0.157. The first-order valence-electron chi connectivity index (χ1n) is 4.22. The van der Waals surface area contributed by atoms with Crippen LogP contribution in [0.3, 0.4) is 0 Å². The predicted molar refractivity (Wildman–Crippen MR) is 52.4 cm³/mol. The first-order valence-corrected chi connectivity index (χ1v) is 4.22. The number of anilines is 2. The van der Waals surface area contributed by atoms with Crippen LogP contribution in [0.5, 0.6) is 0 Å². The second kappa shape index (κ2) is 2.70. The van der Waals surface area contributed by atoms with E-state index in [1.807, 2.05) is 0 Å². The van der Waals surface area contributed by atoms with Crippen molar-refractivity contribution in [2.45, 2.75) is 5.60 Å². The number of hydrogen-bond acceptors (Lipinski definition) is 4. The highest BCUT2D eigenvalue weighted by molar-refractivity contribution is 6.05. The van der Waals surface area contributed by atoms with Crippen molar-refractivity contribution >= 4 is 17.3 Å². The van der Waals surface area contributed by atoms with E-state index >= 15 is 0 Å². The second-order valence-corrected chi connectivity index (χ2v) is 3.32. The van der Waals surface area contributed by atoms with Crippen molar-refractivity contribution in [1.29, 1.82) is 0 Å². The highest BCUT2D eigenvalue weighted by Crippen LogP contribution is 2.36. The van der Waals surface area contributed by atoms with Crippen LogP contribution in [0.1, 0.15) is 5.56 Å². The Morgan fingerprint density at radius 1 is 1.50 bits per heavy atom. The quantitative estimate of drug-likeness (QED) is 0.446. The van der Waals surface area contributed by atoms with Crippen molar-refractivity contribution in [2.75, 3.05) is 17.6 Å². The third-order valence-corrected chi connectivity index (χ3v) is 2.41. The molecule has 0 saturated carbocycles. The monoisotopic (exact) mass is 193 g/mol. The van der Waals surface area contributed by atoms with Gasteiger partial charge in [0.05, 0.1) is 0 Å². The Morgan fingerprint density at radius 3 is 2.86 bits per heavy atom. The van der Waals surface area contributed by atoms with E-state index in [2.05, 4.69) is 5.32 Å². The molecule has 1 heterocycles. The van der Waals surface area contributed by atoms with Crippen LogP contribution in [-0.2, 0) is 10.4 Å². The van der Waals surface area contributed by atoms with E-state index in [4.69, 9.17) is 11.5 Å². The van der Waals surface area contributed by atoms with E-state index in [9.17, 15) is 9.90 Å². The summed E-state index contributed by atoms with van der Waals surface area (Å²) in [7, 11) is 0. The highest BCUT2D eigenvalue weighted by atomic mass is 16.3. The molecule has 5 heteroatoms. The fourth-order valence-electron chi connectivity index (χ4n) is 1.56. The maximum atomic E-state index is 11.4.